The molecule has 2 amide bonds. The first-order valence-electron chi connectivity index (χ1n) is 6.74. The Labute approximate surface area is 123 Å². The van der Waals surface area contributed by atoms with Gasteiger partial charge in [0.2, 0.25) is 0 Å². The summed E-state index contributed by atoms with van der Waals surface area (Å²) in [6, 6.07) is 7.10. The Bertz CT molecular complexity index is 594. The van der Waals surface area contributed by atoms with Crippen molar-refractivity contribution >= 4 is 11.8 Å². The van der Waals surface area contributed by atoms with Crippen LogP contribution in [0, 0.1) is 0 Å². The zero-order valence-electron chi connectivity index (χ0n) is 12.3. The lowest BCUT2D eigenvalue weighted by atomic mass is 10.1. The predicted molar refractivity (Wildman–Crippen MR) is 79.3 cm³/mol. The minimum absolute atomic E-state index is 0.128. The molecule has 0 saturated heterocycles. The van der Waals surface area contributed by atoms with Crippen molar-refractivity contribution in [2.45, 2.75) is 26.4 Å². The van der Waals surface area contributed by atoms with Crippen molar-refractivity contribution < 1.29 is 9.53 Å². The van der Waals surface area contributed by atoms with Gasteiger partial charge >= 0.3 is 6.03 Å². The summed E-state index contributed by atoms with van der Waals surface area (Å²) in [5.74, 6) is 1.21. The van der Waals surface area contributed by atoms with Gasteiger partial charge in [-0.1, -0.05) is 17.3 Å². The minimum Gasteiger partial charge on any atom is -0.497 e. The first kappa shape index (κ1) is 14.8. The van der Waals surface area contributed by atoms with Crippen LogP contribution in [0.25, 0.3) is 0 Å². The number of urea groups is 1. The van der Waals surface area contributed by atoms with E-state index in [2.05, 4.69) is 20.9 Å². The highest BCUT2D eigenvalue weighted by molar-refractivity contribution is 5.88. The standard InChI is InChI=1S/C14H19N5O2/c1-4-19-9-13(17-18-19)16-14(20)15-10(2)11-5-7-12(21-3)8-6-11/h5-10H,4H2,1-3H3,(H2,15,16,20)/t10-/m1/s1. The Balaban J connectivity index is 1.91. The average Bonchev–Trinajstić information content (AvgIpc) is 2.94. The Morgan fingerprint density at radius 3 is 2.67 bits per heavy atom. The molecule has 1 aromatic carbocycles. The number of amides is 2. The molecule has 7 nitrogen and oxygen atoms in total. The second kappa shape index (κ2) is 6.74. The molecule has 0 unspecified atom stereocenters. The zero-order chi connectivity index (χ0) is 15.2. The summed E-state index contributed by atoms with van der Waals surface area (Å²) >= 11 is 0. The van der Waals surface area contributed by atoms with Crippen molar-refractivity contribution in [2.24, 2.45) is 0 Å². The van der Waals surface area contributed by atoms with E-state index in [0.717, 1.165) is 11.3 Å². The minimum atomic E-state index is -0.318. The normalized spacial score (nSPS) is 11.8. The van der Waals surface area contributed by atoms with Crippen LogP contribution in [0.1, 0.15) is 25.5 Å². The third-order valence-corrected chi connectivity index (χ3v) is 3.07. The van der Waals surface area contributed by atoms with E-state index in [4.69, 9.17) is 4.74 Å². The van der Waals surface area contributed by atoms with Crippen LogP contribution in [-0.4, -0.2) is 28.1 Å². The molecule has 0 aliphatic rings. The van der Waals surface area contributed by atoms with Crippen LogP contribution in [0.5, 0.6) is 5.75 Å². The summed E-state index contributed by atoms with van der Waals surface area (Å²) in [6.45, 7) is 4.56. The fourth-order valence-corrected chi connectivity index (χ4v) is 1.84. The van der Waals surface area contributed by atoms with E-state index >= 15 is 0 Å². The SMILES string of the molecule is CCn1cc(NC(=O)N[C@H](C)c2ccc(OC)cc2)nn1. The van der Waals surface area contributed by atoms with Gasteiger partial charge in [-0.3, -0.25) is 10.00 Å². The van der Waals surface area contributed by atoms with Crippen LogP contribution in [0.4, 0.5) is 10.6 Å². The number of hydrogen-bond acceptors (Lipinski definition) is 4. The lowest BCUT2D eigenvalue weighted by molar-refractivity contribution is 0.249. The van der Waals surface area contributed by atoms with E-state index in [1.807, 2.05) is 38.1 Å². The van der Waals surface area contributed by atoms with Crippen LogP contribution in [0.2, 0.25) is 0 Å². The molecule has 0 spiro atoms. The number of aromatic nitrogens is 3. The highest BCUT2D eigenvalue weighted by Crippen LogP contribution is 2.17. The molecule has 0 aliphatic heterocycles. The smallest absolute Gasteiger partial charge is 0.320 e. The van der Waals surface area contributed by atoms with Crippen molar-refractivity contribution in [3.05, 3.63) is 36.0 Å². The maximum atomic E-state index is 11.9. The molecule has 1 atom stereocenters. The van der Waals surface area contributed by atoms with E-state index in [1.165, 1.54) is 0 Å². The maximum absolute atomic E-state index is 11.9. The molecule has 1 aromatic heterocycles. The number of carbonyl (C=O) groups is 1. The fraction of sp³-hybridized carbons (Fsp3) is 0.357. The summed E-state index contributed by atoms with van der Waals surface area (Å²) in [6.07, 6.45) is 1.68. The maximum Gasteiger partial charge on any atom is 0.320 e. The Morgan fingerprint density at radius 1 is 1.38 bits per heavy atom. The summed E-state index contributed by atoms with van der Waals surface area (Å²) in [7, 11) is 1.62. The molecule has 2 N–H and O–H groups in total. The van der Waals surface area contributed by atoms with E-state index in [9.17, 15) is 4.79 Å². The van der Waals surface area contributed by atoms with E-state index < -0.39 is 0 Å². The molecule has 1 heterocycles. The van der Waals surface area contributed by atoms with Gasteiger partial charge in [0.15, 0.2) is 5.82 Å². The Morgan fingerprint density at radius 2 is 2.10 bits per heavy atom. The number of nitrogens with zero attached hydrogens (tertiary/aromatic N) is 3. The molecule has 0 saturated carbocycles. The first-order valence-corrected chi connectivity index (χ1v) is 6.74. The molecule has 0 fully saturated rings. The van der Waals surface area contributed by atoms with E-state index in [1.54, 1.807) is 18.0 Å². The topological polar surface area (TPSA) is 81.1 Å². The number of hydrogen-bond donors (Lipinski definition) is 2. The second-order valence-corrected chi connectivity index (χ2v) is 4.55. The van der Waals surface area contributed by atoms with Crippen LogP contribution in [0.15, 0.2) is 30.5 Å². The van der Waals surface area contributed by atoms with E-state index in [-0.39, 0.29) is 12.1 Å². The Kier molecular flexibility index (Phi) is 4.76. The predicted octanol–water partition coefficient (Wildman–Crippen LogP) is 2.19. The van der Waals surface area contributed by atoms with E-state index in [0.29, 0.717) is 12.4 Å². The van der Waals surface area contributed by atoms with Crippen molar-refractivity contribution in [1.82, 2.24) is 20.3 Å². The van der Waals surface area contributed by atoms with Crippen LogP contribution in [-0.2, 0) is 6.54 Å². The van der Waals surface area contributed by atoms with Crippen molar-refractivity contribution in [3.8, 4) is 5.75 Å². The third kappa shape index (κ3) is 3.95. The number of nitrogens with one attached hydrogen (secondary N) is 2. The lowest BCUT2D eigenvalue weighted by Crippen LogP contribution is -2.31. The molecular weight excluding hydrogens is 270 g/mol. The monoisotopic (exact) mass is 289 g/mol. The van der Waals surface area contributed by atoms with Crippen molar-refractivity contribution in [2.75, 3.05) is 12.4 Å². The number of carbonyl (C=O) groups excluding carboxylic acids is 1. The number of methoxy groups -OCH3 is 1. The van der Waals surface area contributed by atoms with Gasteiger partial charge in [0.1, 0.15) is 5.75 Å². The van der Waals surface area contributed by atoms with Gasteiger partial charge in [-0.15, -0.1) is 5.10 Å². The van der Waals surface area contributed by atoms with Crippen LogP contribution < -0.4 is 15.4 Å². The summed E-state index contributed by atoms with van der Waals surface area (Å²) in [4.78, 5) is 11.9. The second-order valence-electron chi connectivity index (χ2n) is 4.55. The van der Waals surface area contributed by atoms with Gasteiger partial charge in [0, 0.05) is 6.54 Å². The zero-order valence-corrected chi connectivity index (χ0v) is 12.3. The molecule has 7 heteroatoms. The van der Waals surface area contributed by atoms with Gasteiger partial charge in [-0.2, -0.15) is 0 Å². The van der Waals surface area contributed by atoms with Crippen molar-refractivity contribution in [1.29, 1.82) is 0 Å². The first-order chi connectivity index (χ1) is 10.1. The summed E-state index contributed by atoms with van der Waals surface area (Å²) in [5.41, 5.74) is 0.989. The van der Waals surface area contributed by atoms with Gasteiger partial charge in [-0.05, 0) is 31.5 Å². The largest absolute Gasteiger partial charge is 0.497 e. The fourth-order valence-electron chi connectivity index (χ4n) is 1.84. The van der Waals surface area contributed by atoms with Gasteiger partial charge < -0.3 is 10.1 Å². The molecule has 21 heavy (non-hydrogen) atoms. The summed E-state index contributed by atoms with van der Waals surface area (Å²) < 4.78 is 6.75. The number of aryl methyl sites for hydroxylation is 1. The molecule has 2 aromatic rings. The summed E-state index contributed by atoms with van der Waals surface area (Å²) in [5, 5.41) is 13.2. The molecular formula is C14H19N5O2. The van der Waals surface area contributed by atoms with Crippen LogP contribution in [0.3, 0.4) is 0 Å². The number of anilines is 1. The quantitative estimate of drug-likeness (QED) is 0.884. The molecule has 0 aliphatic carbocycles. The third-order valence-electron chi connectivity index (χ3n) is 3.07. The van der Waals surface area contributed by atoms with Gasteiger partial charge in [0.25, 0.3) is 0 Å². The number of ether oxygens (including phenoxy) is 1. The van der Waals surface area contributed by atoms with Gasteiger partial charge in [0.05, 0.1) is 19.3 Å². The lowest BCUT2D eigenvalue weighted by Gasteiger charge is -2.14. The van der Waals surface area contributed by atoms with Crippen LogP contribution >= 0.6 is 0 Å². The molecule has 2 rings (SSSR count). The molecule has 0 bridgehead atoms. The van der Waals surface area contributed by atoms with Gasteiger partial charge in [-0.25, -0.2) is 4.79 Å². The highest BCUT2D eigenvalue weighted by Gasteiger charge is 2.11. The average molecular weight is 289 g/mol. The Hall–Kier alpha value is -2.57. The number of benzene rings is 1. The molecule has 0 radical (unpaired) electrons. The van der Waals surface area contributed by atoms with Crippen molar-refractivity contribution in [3.63, 3.8) is 0 Å². The molecule has 112 valence electrons. The number of rotatable bonds is 5. The highest BCUT2D eigenvalue weighted by atomic mass is 16.5.